The van der Waals surface area contributed by atoms with Crippen LogP contribution in [0.1, 0.15) is 24.0 Å². The molecule has 0 radical (unpaired) electrons. The molecule has 0 spiro atoms. The largest absolute Gasteiger partial charge is 0.447 e. The minimum absolute atomic E-state index is 0.0377. The fourth-order valence-electron chi connectivity index (χ4n) is 3.25. The lowest BCUT2D eigenvalue weighted by Crippen LogP contribution is -2.56. The Morgan fingerprint density at radius 1 is 1.10 bits per heavy atom. The summed E-state index contributed by atoms with van der Waals surface area (Å²) in [7, 11) is 0. The standard InChI is InChI=1S/C22H24Cl2N2O4/c1-15-6-7-17(13-19(15)24)25-21(28)30-14-22(8-10-29-11-9-22)26-20(27)12-16-4-2-3-5-18(16)23/h2-7,13H,8-12,14H2,1H3,(H,25,28)(H,26,27). The lowest BCUT2D eigenvalue weighted by Gasteiger charge is -2.37. The van der Waals surface area contributed by atoms with Crippen molar-refractivity contribution in [3.8, 4) is 0 Å². The number of carbonyl (C=O) groups is 2. The van der Waals surface area contributed by atoms with Gasteiger partial charge in [-0.25, -0.2) is 4.79 Å². The van der Waals surface area contributed by atoms with E-state index in [1.807, 2.05) is 31.2 Å². The monoisotopic (exact) mass is 450 g/mol. The minimum atomic E-state index is -0.682. The zero-order chi connectivity index (χ0) is 21.6. The van der Waals surface area contributed by atoms with Crippen LogP contribution in [0.15, 0.2) is 42.5 Å². The molecular weight excluding hydrogens is 427 g/mol. The average molecular weight is 451 g/mol. The molecule has 1 heterocycles. The van der Waals surface area contributed by atoms with Crippen LogP contribution >= 0.6 is 23.2 Å². The van der Waals surface area contributed by atoms with Crippen LogP contribution in [0.2, 0.25) is 10.0 Å². The summed E-state index contributed by atoms with van der Waals surface area (Å²) in [5.41, 5.74) is 1.52. The zero-order valence-corrected chi connectivity index (χ0v) is 18.2. The van der Waals surface area contributed by atoms with E-state index in [1.165, 1.54) is 0 Å². The van der Waals surface area contributed by atoms with Gasteiger partial charge in [0.05, 0.1) is 12.0 Å². The van der Waals surface area contributed by atoms with Crippen LogP contribution < -0.4 is 10.6 Å². The number of amides is 2. The summed E-state index contributed by atoms with van der Waals surface area (Å²) in [6, 6.07) is 12.4. The van der Waals surface area contributed by atoms with Crippen molar-refractivity contribution in [3.05, 3.63) is 63.6 Å². The number of nitrogens with one attached hydrogen (secondary N) is 2. The summed E-state index contributed by atoms with van der Waals surface area (Å²) in [5, 5.41) is 6.80. The quantitative estimate of drug-likeness (QED) is 0.664. The number of hydrogen-bond acceptors (Lipinski definition) is 4. The normalized spacial score (nSPS) is 15.3. The highest BCUT2D eigenvalue weighted by atomic mass is 35.5. The van der Waals surface area contributed by atoms with Crippen LogP contribution in [0.25, 0.3) is 0 Å². The molecule has 160 valence electrons. The van der Waals surface area contributed by atoms with Gasteiger partial charge in [-0.1, -0.05) is 47.5 Å². The topological polar surface area (TPSA) is 76.7 Å². The smallest absolute Gasteiger partial charge is 0.411 e. The first-order valence-electron chi connectivity index (χ1n) is 9.69. The first-order valence-corrected chi connectivity index (χ1v) is 10.4. The Kier molecular flexibility index (Phi) is 7.58. The first-order chi connectivity index (χ1) is 14.4. The van der Waals surface area contributed by atoms with Crippen molar-refractivity contribution in [1.29, 1.82) is 0 Å². The maximum Gasteiger partial charge on any atom is 0.411 e. The Morgan fingerprint density at radius 2 is 1.83 bits per heavy atom. The summed E-state index contributed by atoms with van der Waals surface area (Å²) in [5.74, 6) is -0.181. The summed E-state index contributed by atoms with van der Waals surface area (Å²) < 4.78 is 10.9. The first kappa shape index (κ1) is 22.4. The number of ether oxygens (including phenoxy) is 2. The molecule has 0 aliphatic carbocycles. The second-order valence-corrected chi connectivity index (χ2v) is 8.19. The molecule has 6 nitrogen and oxygen atoms in total. The molecule has 1 fully saturated rings. The van der Waals surface area contributed by atoms with Crippen molar-refractivity contribution in [2.75, 3.05) is 25.1 Å². The molecule has 0 unspecified atom stereocenters. The van der Waals surface area contributed by atoms with E-state index in [0.29, 0.717) is 41.8 Å². The molecule has 30 heavy (non-hydrogen) atoms. The Bertz CT molecular complexity index is 914. The van der Waals surface area contributed by atoms with E-state index < -0.39 is 11.6 Å². The number of anilines is 1. The van der Waals surface area contributed by atoms with Crippen molar-refractivity contribution in [2.45, 2.75) is 31.7 Å². The predicted octanol–water partition coefficient (Wildman–Crippen LogP) is 4.76. The number of hydrogen-bond donors (Lipinski definition) is 2. The van der Waals surface area contributed by atoms with Gasteiger partial charge in [-0.05, 0) is 49.1 Å². The van der Waals surface area contributed by atoms with Crippen LogP contribution in [0, 0.1) is 6.92 Å². The van der Waals surface area contributed by atoms with E-state index in [-0.39, 0.29) is 18.9 Å². The van der Waals surface area contributed by atoms with Gasteiger partial charge in [-0.3, -0.25) is 10.1 Å². The lowest BCUT2D eigenvalue weighted by atomic mass is 9.90. The highest BCUT2D eigenvalue weighted by molar-refractivity contribution is 6.31. The van der Waals surface area contributed by atoms with Gasteiger partial charge in [-0.15, -0.1) is 0 Å². The van der Waals surface area contributed by atoms with Crippen molar-refractivity contribution in [1.82, 2.24) is 5.32 Å². The van der Waals surface area contributed by atoms with Crippen molar-refractivity contribution < 1.29 is 19.1 Å². The maximum atomic E-state index is 12.7. The molecule has 1 aliphatic rings. The van der Waals surface area contributed by atoms with Gasteiger partial charge in [0.15, 0.2) is 0 Å². The van der Waals surface area contributed by atoms with E-state index in [2.05, 4.69) is 10.6 Å². The van der Waals surface area contributed by atoms with E-state index >= 15 is 0 Å². The third kappa shape index (κ3) is 6.11. The molecule has 0 saturated carbocycles. The van der Waals surface area contributed by atoms with Crippen LogP contribution in [0.5, 0.6) is 0 Å². The lowest BCUT2D eigenvalue weighted by molar-refractivity contribution is -0.124. The molecule has 2 aromatic carbocycles. The van der Waals surface area contributed by atoms with Crippen molar-refractivity contribution in [3.63, 3.8) is 0 Å². The number of carbonyl (C=O) groups excluding carboxylic acids is 2. The highest BCUT2D eigenvalue weighted by Gasteiger charge is 2.36. The number of rotatable bonds is 6. The van der Waals surface area contributed by atoms with E-state index in [0.717, 1.165) is 11.1 Å². The Morgan fingerprint density at radius 3 is 2.53 bits per heavy atom. The van der Waals surface area contributed by atoms with Gasteiger partial charge in [0.25, 0.3) is 0 Å². The predicted molar refractivity (Wildman–Crippen MR) is 117 cm³/mol. The molecule has 2 aromatic rings. The molecule has 8 heteroatoms. The molecule has 0 atom stereocenters. The molecule has 3 rings (SSSR count). The van der Waals surface area contributed by atoms with E-state index in [1.54, 1.807) is 18.2 Å². The summed E-state index contributed by atoms with van der Waals surface area (Å²) >= 11 is 12.2. The minimum Gasteiger partial charge on any atom is -0.447 e. The number of aryl methyl sites for hydroxylation is 1. The molecule has 1 saturated heterocycles. The molecule has 0 aromatic heterocycles. The number of halogens is 2. The van der Waals surface area contributed by atoms with Crippen LogP contribution in [0.4, 0.5) is 10.5 Å². The molecular formula is C22H24Cl2N2O4. The molecule has 0 bridgehead atoms. The van der Waals surface area contributed by atoms with E-state index in [4.69, 9.17) is 32.7 Å². The fourth-order valence-corrected chi connectivity index (χ4v) is 3.63. The second-order valence-electron chi connectivity index (χ2n) is 7.37. The SMILES string of the molecule is Cc1ccc(NC(=O)OCC2(NC(=O)Cc3ccccc3Cl)CCOCC2)cc1Cl. The fraction of sp³-hybridized carbons (Fsp3) is 0.364. The second kappa shape index (κ2) is 10.2. The van der Waals surface area contributed by atoms with Gasteiger partial charge >= 0.3 is 6.09 Å². The van der Waals surface area contributed by atoms with Crippen molar-refractivity contribution in [2.24, 2.45) is 0 Å². The highest BCUT2D eigenvalue weighted by Crippen LogP contribution is 2.24. The Balaban J connectivity index is 1.60. The molecule has 1 aliphatic heterocycles. The van der Waals surface area contributed by atoms with Crippen LogP contribution in [-0.2, 0) is 20.7 Å². The van der Waals surface area contributed by atoms with Gasteiger partial charge in [0.2, 0.25) is 5.91 Å². The summed E-state index contributed by atoms with van der Waals surface area (Å²) in [6.07, 6.45) is 0.632. The van der Waals surface area contributed by atoms with Gasteiger partial charge in [0.1, 0.15) is 6.61 Å². The Labute approximate surface area is 185 Å². The molecule has 2 amide bonds. The Hall–Kier alpha value is -2.28. The van der Waals surface area contributed by atoms with E-state index in [9.17, 15) is 9.59 Å². The average Bonchev–Trinajstić information content (AvgIpc) is 2.72. The number of benzene rings is 2. The third-order valence-electron chi connectivity index (χ3n) is 5.06. The third-order valence-corrected chi connectivity index (χ3v) is 5.84. The van der Waals surface area contributed by atoms with Gasteiger partial charge in [0, 0.05) is 28.9 Å². The summed E-state index contributed by atoms with van der Waals surface area (Å²) in [4.78, 5) is 24.9. The van der Waals surface area contributed by atoms with Crippen LogP contribution in [-0.4, -0.2) is 37.4 Å². The molecule has 2 N–H and O–H groups in total. The van der Waals surface area contributed by atoms with Crippen LogP contribution in [0.3, 0.4) is 0 Å². The zero-order valence-electron chi connectivity index (χ0n) is 16.7. The summed E-state index contributed by atoms with van der Waals surface area (Å²) in [6.45, 7) is 2.87. The van der Waals surface area contributed by atoms with Gasteiger partial charge in [-0.2, -0.15) is 0 Å². The maximum absolute atomic E-state index is 12.7. The van der Waals surface area contributed by atoms with Gasteiger partial charge < -0.3 is 14.8 Å². The van der Waals surface area contributed by atoms with Crippen molar-refractivity contribution >= 4 is 40.9 Å².